The number of pyridine rings is 1. The summed E-state index contributed by atoms with van der Waals surface area (Å²) in [7, 11) is 0. The highest BCUT2D eigenvalue weighted by molar-refractivity contribution is 5.60. The van der Waals surface area contributed by atoms with E-state index >= 15 is 0 Å². The Morgan fingerprint density at radius 3 is 2.71 bits per heavy atom. The van der Waals surface area contributed by atoms with Gasteiger partial charge in [-0.2, -0.15) is 10.2 Å². The molecule has 3 aromatic rings. The first-order valence-electron chi connectivity index (χ1n) is 6.76. The van der Waals surface area contributed by atoms with Crippen molar-refractivity contribution in [3.8, 4) is 11.1 Å². The number of hydrogen-bond donors (Lipinski definition) is 1. The lowest BCUT2D eigenvalue weighted by atomic mass is 10.2. The maximum absolute atomic E-state index is 10.3. The largest absolute Gasteiger partial charge is 0.389 e. The van der Waals surface area contributed by atoms with Crippen molar-refractivity contribution in [2.75, 3.05) is 0 Å². The molecule has 0 amide bonds. The van der Waals surface area contributed by atoms with E-state index in [2.05, 4.69) is 20.2 Å². The van der Waals surface area contributed by atoms with E-state index in [9.17, 15) is 5.11 Å². The van der Waals surface area contributed by atoms with Crippen molar-refractivity contribution in [2.45, 2.75) is 25.6 Å². The Kier molecular flexibility index (Phi) is 3.74. The van der Waals surface area contributed by atoms with Crippen LogP contribution in [0, 0.1) is 0 Å². The normalized spacial score (nSPS) is 14.0. The predicted octanol–water partition coefficient (Wildman–Crippen LogP) is 1.35. The number of hydrogen-bond acceptors (Lipinski definition) is 5. The van der Waals surface area contributed by atoms with E-state index in [1.54, 1.807) is 34.3 Å². The smallest absolute Gasteiger partial charge is 0.170 e. The Morgan fingerprint density at radius 2 is 2.05 bits per heavy atom. The monoisotopic (exact) mass is 284 g/mol. The first-order chi connectivity index (χ1) is 10.3. The third-order valence-electron chi connectivity index (χ3n) is 3.34. The van der Waals surface area contributed by atoms with Crippen LogP contribution in [0.15, 0.2) is 49.6 Å². The third kappa shape index (κ3) is 2.68. The van der Waals surface area contributed by atoms with Gasteiger partial charge < -0.3 is 5.11 Å². The van der Waals surface area contributed by atoms with Crippen molar-refractivity contribution in [3.63, 3.8) is 0 Å². The van der Waals surface area contributed by atoms with Gasteiger partial charge in [0.15, 0.2) is 6.17 Å². The second-order valence-electron chi connectivity index (χ2n) is 4.72. The summed E-state index contributed by atoms with van der Waals surface area (Å²) in [4.78, 5) is 8.04. The predicted molar refractivity (Wildman–Crippen MR) is 76.2 cm³/mol. The van der Waals surface area contributed by atoms with Crippen molar-refractivity contribution in [2.24, 2.45) is 0 Å². The fraction of sp³-hybridized carbons (Fsp3) is 0.286. The molecule has 0 saturated heterocycles. The lowest BCUT2D eigenvalue weighted by molar-refractivity contribution is 0.0792. The van der Waals surface area contributed by atoms with Gasteiger partial charge in [0, 0.05) is 29.7 Å². The van der Waals surface area contributed by atoms with E-state index in [0.717, 1.165) is 11.1 Å². The summed E-state index contributed by atoms with van der Waals surface area (Å²) in [6, 6.07) is 3.84. The summed E-state index contributed by atoms with van der Waals surface area (Å²) >= 11 is 0. The van der Waals surface area contributed by atoms with Gasteiger partial charge in [-0.25, -0.2) is 14.3 Å². The van der Waals surface area contributed by atoms with Crippen LogP contribution in [0.2, 0.25) is 0 Å². The summed E-state index contributed by atoms with van der Waals surface area (Å²) in [6.45, 7) is 1.92. The number of rotatable bonds is 5. The number of aliphatic hydroxyl groups is 1. The standard InChI is InChI=1S/C14H16N6O/c1-2-13(21)14(20-10-16-9-18-20)19-8-12(7-17-19)11-4-3-5-15-6-11/h3-10,13-14,21H,2H2,1H3. The molecule has 0 aliphatic carbocycles. The Hall–Kier alpha value is -2.54. The number of aromatic nitrogens is 6. The summed E-state index contributed by atoms with van der Waals surface area (Å²) in [5.74, 6) is 0. The molecule has 7 heteroatoms. The highest BCUT2D eigenvalue weighted by Gasteiger charge is 2.23. The average molecular weight is 284 g/mol. The van der Waals surface area contributed by atoms with E-state index in [-0.39, 0.29) is 0 Å². The molecule has 0 bridgehead atoms. The first-order valence-corrected chi connectivity index (χ1v) is 6.76. The zero-order chi connectivity index (χ0) is 14.7. The van der Waals surface area contributed by atoms with Gasteiger partial charge in [-0.05, 0) is 12.5 Å². The van der Waals surface area contributed by atoms with Gasteiger partial charge in [0.25, 0.3) is 0 Å². The highest BCUT2D eigenvalue weighted by Crippen LogP contribution is 2.21. The lowest BCUT2D eigenvalue weighted by Gasteiger charge is -2.22. The second-order valence-corrected chi connectivity index (χ2v) is 4.72. The molecule has 21 heavy (non-hydrogen) atoms. The van der Waals surface area contributed by atoms with Gasteiger partial charge in [-0.1, -0.05) is 13.0 Å². The molecule has 0 spiro atoms. The molecule has 108 valence electrons. The van der Waals surface area contributed by atoms with Gasteiger partial charge in [0.1, 0.15) is 12.7 Å². The van der Waals surface area contributed by atoms with Crippen molar-refractivity contribution >= 4 is 0 Å². The molecule has 2 atom stereocenters. The minimum atomic E-state index is -0.603. The van der Waals surface area contributed by atoms with E-state index in [1.165, 1.54) is 6.33 Å². The molecule has 0 aromatic carbocycles. The van der Waals surface area contributed by atoms with E-state index in [0.29, 0.717) is 6.42 Å². The van der Waals surface area contributed by atoms with Crippen LogP contribution in [0.5, 0.6) is 0 Å². The topological polar surface area (TPSA) is 81.6 Å². The summed E-state index contributed by atoms with van der Waals surface area (Å²) in [5.41, 5.74) is 1.92. The molecule has 3 aromatic heterocycles. The molecule has 1 N–H and O–H groups in total. The molecule has 0 aliphatic heterocycles. The lowest BCUT2D eigenvalue weighted by Crippen LogP contribution is -2.30. The van der Waals surface area contributed by atoms with Crippen molar-refractivity contribution in [3.05, 3.63) is 49.6 Å². The Labute approximate surface area is 121 Å². The summed E-state index contributed by atoms with van der Waals surface area (Å²) < 4.78 is 3.30. The third-order valence-corrected chi connectivity index (χ3v) is 3.34. The van der Waals surface area contributed by atoms with E-state index < -0.39 is 12.3 Å². The average Bonchev–Trinajstić information content (AvgIpc) is 3.20. The molecule has 3 heterocycles. The van der Waals surface area contributed by atoms with Crippen LogP contribution in [0.3, 0.4) is 0 Å². The Bertz CT molecular complexity index is 679. The fourth-order valence-electron chi connectivity index (χ4n) is 2.20. The Balaban J connectivity index is 1.96. The quantitative estimate of drug-likeness (QED) is 0.765. The van der Waals surface area contributed by atoms with E-state index in [1.807, 2.05) is 25.3 Å². The summed E-state index contributed by atoms with van der Waals surface area (Å²) in [5, 5.41) is 18.7. The van der Waals surface area contributed by atoms with E-state index in [4.69, 9.17) is 0 Å². The van der Waals surface area contributed by atoms with Gasteiger partial charge in [0.2, 0.25) is 0 Å². The maximum atomic E-state index is 10.3. The molecule has 0 fully saturated rings. The molecular formula is C14H16N6O. The molecular weight excluding hydrogens is 268 g/mol. The first kappa shape index (κ1) is 13.4. The Morgan fingerprint density at radius 1 is 1.14 bits per heavy atom. The van der Waals surface area contributed by atoms with Gasteiger partial charge in [-0.3, -0.25) is 4.98 Å². The summed E-state index contributed by atoms with van der Waals surface area (Å²) in [6.07, 6.45) is 9.74. The zero-order valence-corrected chi connectivity index (χ0v) is 11.6. The zero-order valence-electron chi connectivity index (χ0n) is 11.6. The van der Waals surface area contributed by atoms with Gasteiger partial charge in [-0.15, -0.1) is 0 Å². The fourth-order valence-corrected chi connectivity index (χ4v) is 2.20. The van der Waals surface area contributed by atoms with Gasteiger partial charge >= 0.3 is 0 Å². The molecule has 0 saturated carbocycles. The number of nitrogens with zero attached hydrogens (tertiary/aromatic N) is 6. The molecule has 2 unspecified atom stereocenters. The molecule has 3 rings (SSSR count). The maximum Gasteiger partial charge on any atom is 0.170 e. The second kappa shape index (κ2) is 5.84. The van der Waals surface area contributed by atoms with Crippen LogP contribution in [0.4, 0.5) is 0 Å². The van der Waals surface area contributed by atoms with Gasteiger partial charge in [0.05, 0.1) is 12.3 Å². The minimum absolute atomic E-state index is 0.414. The minimum Gasteiger partial charge on any atom is -0.389 e. The van der Waals surface area contributed by atoms with Crippen LogP contribution >= 0.6 is 0 Å². The molecule has 7 nitrogen and oxygen atoms in total. The molecule has 0 radical (unpaired) electrons. The van der Waals surface area contributed by atoms with Crippen molar-refractivity contribution in [1.29, 1.82) is 0 Å². The molecule has 0 aliphatic rings. The SMILES string of the molecule is CCC(O)C(n1cncn1)n1cc(-c2cccnc2)cn1. The highest BCUT2D eigenvalue weighted by atomic mass is 16.3. The van der Waals surface area contributed by atoms with Crippen LogP contribution in [0.1, 0.15) is 19.5 Å². The van der Waals surface area contributed by atoms with Crippen molar-refractivity contribution < 1.29 is 5.11 Å². The van der Waals surface area contributed by atoms with Crippen LogP contribution in [0.25, 0.3) is 11.1 Å². The van der Waals surface area contributed by atoms with Crippen LogP contribution < -0.4 is 0 Å². The van der Waals surface area contributed by atoms with Crippen LogP contribution in [-0.4, -0.2) is 40.7 Å². The van der Waals surface area contributed by atoms with Crippen molar-refractivity contribution in [1.82, 2.24) is 29.5 Å². The number of aliphatic hydroxyl groups excluding tert-OH is 1. The van der Waals surface area contributed by atoms with Crippen LogP contribution in [-0.2, 0) is 0 Å².